The predicted molar refractivity (Wildman–Crippen MR) is 126 cm³/mol. The Morgan fingerprint density at radius 2 is 1.85 bits per heavy atom. The van der Waals surface area contributed by atoms with E-state index in [1.807, 2.05) is 13.8 Å². The molecule has 0 radical (unpaired) electrons. The minimum atomic E-state index is -0.977. The number of benzene rings is 1. The van der Waals surface area contributed by atoms with Crippen molar-refractivity contribution in [1.82, 2.24) is 9.97 Å². The second-order valence-electron chi connectivity index (χ2n) is 7.27. The molecule has 2 heterocycles. The molecule has 33 heavy (non-hydrogen) atoms. The molecule has 14 heteroatoms. The van der Waals surface area contributed by atoms with Crippen LogP contribution in [0, 0.1) is 0 Å². The molecule has 0 bridgehead atoms. The Bertz CT molecular complexity index is 1090. The normalized spacial score (nSPS) is 13.1. The molecule has 1 aromatic heterocycles. The third-order valence-corrected chi connectivity index (χ3v) is 4.63. The summed E-state index contributed by atoms with van der Waals surface area (Å²) in [7, 11) is 1.49. The molecule has 1 aliphatic heterocycles. The average molecular weight is 502 g/mol. The van der Waals surface area contributed by atoms with E-state index < -0.39 is 17.8 Å². The number of hydrogen-bond donors (Lipinski definition) is 5. The Balaban J connectivity index is 0.000000323. The fourth-order valence-electron chi connectivity index (χ4n) is 2.89. The van der Waals surface area contributed by atoms with Gasteiger partial charge in [0.1, 0.15) is 22.7 Å². The highest BCUT2D eigenvalue weighted by Crippen LogP contribution is 2.40. The van der Waals surface area contributed by atoms with Gasteiger partial charge in [-0.3, -0.25) is 4.79 Å². The quantitative estimate of drug-likeness (QED) is 0.300. The molecule has 180 valence electrons. The topological polar surface area (TPSA) is 215 Å². The fourth-order valence-corrected chi connectivity index (χ4v) is 3.01. The molecule has 9 N–H and O–H groups in total. The number of ether oxygens (including phenoxy) is 2. The number of carbonyl (C=O) groups is 2. The van der Waals surface area contributed by atoms with Crippen molar-refractivity contribution < 1.29 is 24.2 Å². The van der Waals surface area contributed by atoms with E-state index in [0.717, 1.165) is 24.2 Å². The van der Waals surface area contributed by atoms with Gasteiger partial charge in [0.05, 0.1) is 7.11 Å². The van der Waals surface area contributed by atoms with Crippen molar-refractivity contribution in [2.45, 2.75) is 32.3 Å². The maximum atomic E-state index is 11.3. The van der Waals surface area contributed by atoms with E-state index in [2.05, 4.69) is 15.0 Å². The Morgan fingerprint density at radius 1 is 1.21 bits per heavy atom. The molecular formula is C19H25Cl2N7O5. The maximum absolute atomic E-state index is 11.3. The van der Waals surface area contributed by atoms with Crippen LogP contribution in [0.3, 0.4) is 0 Å². The van der Waals surface area contributed by atoms with Crippen LogP contribution < -0.4 is 32.4 Å². The number of hydrogen-bond acceptors (Lipinski definition) is 8. The molecule has 1 aromatic carbocycles. The van der Waals surface area contributed by atoms with Crippen LogP contribution in [0.15, 0.2) is 17.1 Å². The SMILES string of the molecule is COc1c(C(=O)O)ccc2c1CCC(C)(C)O2.Cl.NC(N)=NC(=O)c1nc(Cl)c(N)nc1N. The number of nitrogen functional groups attached to an aromatic ring is 2. The molecule has 12 nitrogen and oxygen atoms in total. The summed E-state index contributed by atoms with van der Waals surface area (Å²) in [4.78, 5) is 32.8. The van der Waals surface area contributed by atoms with Crippen molar-refractivity contribution in [3.05, 3.63) is 34.1 Å². The lowest BCUT2D eigenvalue weighted by Gasteiger charge is -2.33. The number of nitrogens with two attached hydrogens (primary N) is 4. The number of carboxylic acids is 1. The summed E-state index contributed by atoms with van der Waals surface area (Å²) < 4.78 is 11.0. The minimum absolute atomic E-state index is 0. The zero-order chi connectivity index (χ0) is 24.2. The Morgan fingerprint density at radius 3 is 2.39 bits per heavy atom. The number of anilines is 2. The van der Waals surface area contributed by atoms with E-state index >= 15 is 0 Å². The lowest BCUT2D eigenvalue weighted by atomic mass is 9.92. The molecule has 0 fully saturated rings. The number of fused-ring (bicyclic) bond motifs is 1. The van der Waals surface area contributed by atoms with E-state index in [-0.39, 0.29) is 46.1 Å². The van der Waals surface area contributed by atoms with Gasteiger partial charge in [0.15, 0.2) is 28.4 Å². The number of nitrogens with zero attached hydrogens (tertiary/aromatic N) is 3. The van der Waals surface area contributed by atoms with Crippen LogP contribution in [-0.4, -0.2) is 45.6 Å². The van der Waals surface area contributed by atoms with Crippen LogP contribution in [0.25, 0.3) is 0 Å². The van der Waals surface area contributed by atoms with Gasteiger partial charge in [-0.05, 0) is 38.8 Å². The molecule has 1 aliphatic rings. The number of guanidine groups is 1. The summed E-state index contributed by atoms with van der Waals surface area (Å²) in [5.74, 6) is -1.33. The highest BCUT2D eigenvalue weighted by atomic mass is 35.5. The first-order valence-electron chi connectivity index (χ1n) is 9.21. The summed E-state index contributed by atoms with van der Waals surface area (Å²) in [6.45, 7) is 4.04. The first-order chi connectivity index (χ1) is 14.9. The largest absolute Gasteiger partial charge is 0.495 e. The number of rotatable bonds is 3. The third kappa shape index (κ3) is 6.73. The second kappa shape index (κ2) is 10.9. The van der Waals surface area contributed by atoms with Gasteiger partial charge in [0.2, 0.25) is 0 Å². The van der Waals surface area contributed by atoms with Crippen LogP contribution in [0.1, 0.15) is 46.7 Å². The minimum Gasteiger partial charge on any atom is -0.495 e. The van der Waals surface area contributed by atoms with Gasteiger partial charge in [-0.25, -0.2) is 14.8 Å². The first-order valence-corrected chi connectivity index (χ1v) is 9.58. The van der Waals surface area contributed by atoms with E-state index in [1.54, 1.807) is 6.07 Å². The van der Waals surface area contributed by atoms with Crippen molar-refractivity contribution in [3.8, 4) is 11.5 Å². The second-order valence-corrected chi connectivity index (χ2v) is 7.62. The number of methoxy groups -OCH3 is 1. The lowest BCUT2D eigenvalue weighted by Crippen LogP contribution is -2.32. The van der Waals surface area contributed by atoms with Crippen LogP contribution >= 0.6 is 24.0 Å². The first kappa shape index (κ1) is 27.5. The van der Waals surface area contributed by atoms with Gasteiger partial charge in [-0.2, -0.15) is 4.99 Å². The Hall–Kier alpha value is -3.51. The van der Waals surface area contributed by atoms with Crippen LogP contribution in [-0.2, 0) is 6.42 Å². The zero-order valence-electron chi connectivity index (χ0n) is 18.1. The monoisotopic (exact) mass is 501 g/mol. The molecule has 0 unspecified atom stereocenters. The smallest absolute Gasteiger partial charge is 0.339 e. The predicted octanol–water partition coefficient (Wildman–Crippen LogP) is 1.63. The summed E-state index contributed by atoms with van der Waals surface area (Å²) in [6.07, 6.45) is 1.62. The Kier molecular flexibility index (Phi) is 9.07. The van der Waals surface area contributed by atoms with Gasteiger partial charge in [0.25, 0.3) is 0 Å². The van der Waals surface area contributed by atoms with Gasteiger partial charge in [-0.1, -0.05) is 11.6 Å². The zero-order valence-corrected chi connectivity index (χ0v) is 19.7. The third-order valence-electron chi connectivity index (χ3n) is 4.35. The van der Waals surface area contributed by atoms with Gasteiger partial charge < -0.3 is 37.5 Å². The van der Waals surface area contributed by atoms with Crippen LogP contribution in [0.5, 0.6) is 11.5 Å². The van der Waals surface area contributed by atoms with E-state index in [4.69, 9.17) is 49.1 Å². The van der Waals surface area contributed by atoms with E-state index in [1.165, 1.54) is 13.2 Å². The highest BCUT2D eigenvalue weighted by molar-refractivity contribution is 6.31. The van der Waals surface area contributed by atoms with Crippen molar-refractivity contribution in [2.75, 3.05) is 18.6 Å². The highest BCUT2D eigenvalue weighted by Gasteiger charge is 2.30. The van der Waals surface area contributed by atoms with Gasteiger partial charge >= 0.3 is 11.9 Å². The molecule has 0 saturated carbocycles. The van der Waals surface area contributed by atoms with Gasteiger partial charge in [0, 0.05) is 5.56 Å². The molecule has 3 rings (SSSR count). The molecular weight excluding hydrogens is 477 g/mol. The molecule has 0 spiro atoms. The number of aliphatic imine (C=N–C) groups is 1. The van der Waals surface area contributed by atoms with Crippen LogP contribution in [0.4, 0.5) is 11.6 Å². The number of carboxylic acid groups (broad SMARTS) is 1. The van der Waals surface area contributed by atoms with Gasteiger partial charge in [-0.15, -0.1) is 12.4 Å². The molecule has 1 amide bonds. The van der Waals surface area contributed by atoms with Crippen molar-refractivity contribution in [3.63, 3.8) is 0 Å². The number of carbonyl (C=O) groups excluding carboxylic acids is 1. The molecule has 0 aliphatic carbocycles. The van der Waals surface area contributed by atoms with Crippen LogP contribution in [0.2, 0.25) is 5.15 Å². The fraction of sp³-hybridized carbons (Fsp3) is 0.316. The lowest BCUT2D eigenvalue weighted by molar-refractivity contribution is 0.0689. The Labute approximate surface area is 200 Å². The number of amides is 1. The van der Waals surface area contributed by atoms with Crippen molar-refractivity contribution >= 4 is 53.5 Å². The maximum Gasteiger partial charge on any atom is 0.339 e. The number of aromatic carboxylic acids is 1. The van der Waals surface area contributed by atoms with Crippen molar-refractivity contribution in [1.29, 1.82) is 0 Å². The molecule has 0 atom stereocenters. The van der Waals surface area contributed by atoms with Crippen molar-refractivity contribution in [2.24, 2.45) is 16.5 Å². The summed E-state index contributed by atoms with van der Waals surface area (Å²) in [6, 6.07) is 3.24. The summed E-state index contributed by atoms with van der Waals surface area (Å²) in [5, 5.41) is 8.94. The van der Waals surface area contributed by atoms with E-state index in [0.29, 0.717) is 5.75 Å². The summed E-state index contributed by atoms with van der Waals surface area (Å²) in [5.41, 5.74) is 21.3. The van der Waals surface area contributed by atoms with E-state index in [9.17, 15) is 9.59 Å². The molecule has 0 saturated heterocycles. The molecule has 2 aromatic rings. The standard InChI is InChI=1S/C13H16O4.C6H8ClN7O.ClH/c1-13(2)7-6-8-10(17-13)5-4-9(12(14)15)11(8)16-3;7-2-4(9)13-3(8)1(12-2)5(15)14-6(10)11;/h4-5H,6-7H2,1-3H3,(H,14,15);(H4,8,9,13)(H4,10,11,14,15);1H. The summed E-state index contributed by atoms with van der Waals surface area (Å²) >= 11 is 5.55. The number of aromatic nitrogens is 2. The average Bonchev–Trinajstić information content (AvgIpc) is 2.68. The number of halogens is 2.